The highest BCUT2D eigenvalue weighted by Crippen LogP contribution is 2.30. The number of carbonyl (C=O) groups excluding carboxylic acids is 1. The zero-order valence-electron chi connectivity index (χ0n) is 35.8. The third-order valence-electron chi connectivity index (χ3n) is 8.22. The third kappa shape index (κ3) is 17.1. The van der Waals surface area contributed by atoms with Crippen molar-refractivity contribution in [3.05, 3.63) is 104 Å². The highest BCUT2D eigenvalue weighted by Gasteiger charge is 2.39. The van der Waals surface area contributed by atoms with Crippen LogP contribution in [-0.2, 0) is 30.3 Å². The van der Waals surface area contributed by atoms with Gasteiger partial charge in [0.15, 0.2) is 0 Å². The summed E-state index contributed by atoms with van der Waals surface area (Å²) in [4.78, 5) is 50.5. The van der Waals surface area contributed by atoms with Gasteiger partial charge in [0, 0.05) is 50.6 Å². The summed E-state index contributed by atoms with van der Waals surface area (Å²) in [6.07, 6.45) is 1.34. The molecule has 0 radical (unpaired) electrons. The quantitative estimate of drug-likeness (QED) is 0.0882. The van der Waals surface area contributed by atoms with E-state index >= 15 is 0 Å². The molecule has 16 nitrogen and oxygen atoms in total. The summed E-state index contributed by atoms with van der Waals surface area (Å²) >= 11 is 0. The number of anilines is 1. The number of carbonyl (C=O) groups is 2. The Morgan fingerprint density at radius 3 is 2.27 bits per heavy atom. The number of nitrogens with zero attached hydrogens (tertiary/aromatic N) is 3. The van der Waals surface area contributed by atoms with E-state index in [0.29, 0.717) is 11.8 Å². The first-order valence-electron chi connectivity index (χ1n) is 19.2. The van der Waals surface area contributed by atoms with Crippen LogP contribution in [0.25, 0.3) is 0 Å². The Labute approximate surface area is 344 Å². The number of aromatic amines is 1. The van der Waals surface area contributed by atoms with Crippen molar-refractivity contribution >= 4 is 17.6 Å². The van der Waals surface area contributed by atoms with Gasteiger partial charge >= 0.3 is 17.6 Å². The molecule has 0 unspecified atom stereocenters. The number of aromatic hydroxyl groups is 1. The van der Waals surface area contributed by atoms with Gasteiger partial charge in [-0.05, 0) is 92.1 Å². The second-order valence-corrected chi connectivity index (χ2v) is 14.4. The number of carboxylic acid groups (broad SMARTS) is 1. The van der Waals surface area contributed by atoms with E-state index in [1.165, 1.54) is 37.4 Å². The van der Waals surface area contributed by atoms with Gasteiger partial charge < -0.3 is 43.8 Å². The second kappa shape index (κ2) is 24.4. The number of hydrogen-bond acceptors (Lipinski definition) is 12. The van der Waals surface area contributed by atoms with Crippen molar-refractivity contribution in [3.8, 4) is 11.5 Å². The predicted molar refractivity (Wildman–Crippen MR) is 221 cm³/mol. The van der Waals surface area contributed by atoms with Gasteiger partial charge in [0.2, 0.25) is 5.82 Å². The van der Waals surface area contributed by atoms with E-state index in [1.54, 1.807) is 6.07 Å². The van der Waals surface area contributed by atoms with Crippen LogP contribution in [0.4, 0.5) is 10.1 Å². The smallest absolute Gasteiger partial charge is 0.339 e. The van der Waals surface area contributed by atoms with Crippen LogP contribution in [0.1, 0.15) is 88.6 Å². The Kier molecular flexibility index (Phi) is 20.5. The minimum absolute atomic E-state index is 0.0874. The molecule has 0 bridgehead atoms. The molecule has 0 amide bonds. The van der Waals surface area contributed by atoms with Crippen molar-refractivity contribution in [1.82, 2.24) is 19.1 Å². The molecule has 1 aliphatic rings. The standard InChI is InChI=1S/C12H15FN2O6.C10H18N2O.C10H13NO3.C10H14O/c1-6(16)20-8-3-10(21-9(8)5-19-2)15-4-7(13)11(17)14-12(15)18;1-8(2)13-6-5-12-9(3)7-11-10(12)4;1-6(2)11-7-3-4-9(12)8(5-7)10(13)14;1-8(2)11-10-7-5-4-6-9(10)3/h4,8-10H,3,5H2,1-2H3,(H,14,17,18);7-8H,5-6H2,1-4H3;3-6,11-12H,1-2H3,(H,13,14);4-8H,1-3H3/t8-,9+,10+;;;/m0.../s1. The zero-order chi connectivity index (χ0) is 44.4. The highest BCUT2D eigenvalue weighted by atomic mass is 19.1. The molecule has 0 spiro atoms. The number of ether oxygens (including phenoxy) is 5. The maximum absolute atomic E-state index is 13.3. The number of rotatable bonds is 13. The molecule has 3 atom stereocenters. The fourth-order valence-corrected chi connectivity index (χ4v) is 5.57. The molecule has 5 rings (SSSR count). The van der Waals surface area contributed by atoms with E-state index in [2.05, 4.69) is 34.8 Å². The molecule has 0 aliphatic carbocycles. The molecule has 1 saturated heterocycles. The summed E-state index contributed by atoms with van der Waals surface area (Å²) in [6, 6.07) is 12.7. The van der Waals surface area contributed by atoms with Gasteiger partial charge in [0.25, 0.3) is 5.56 Å². The summed E-state index contributed by atoms with van der Waals surface area (Å²) in [6.45, 7) is 21.3. The molecule has 1 fully saturated rings. The molecule has 2 aromatic heterocycles. The van der Waals surface area contributed by atoms with Gasteiger partial charge in [0.1, 0.15) is 41.3 Å². The van der Waals surface area contributed by atoms with Crippen LogP contribution in [0.15, 0.2) is 64.4 Å². The lowest BCUT2D eigenvalue weighted by molar-refractivity contribution is -0.150. The fourth-order valence-electron chi connectivity index (χ4n) is 5.57. The second-order valence-electron chi connectivity index (χ2n) is 14.4. The molecule has 2 aromatic carbocycles. The number of carboxylic acids is 1. The Morgan fingerprint density at radius 1 is 1.05 bits per heavy atom. The molecule has 4 N–H and O–H groups in total. The molecule has 0 saturated carbocycles. The van der Waals surface area contributed by atoms with E-state index in [0.717, 1.165) is 35.5 Å². The molecule has 59 heavy (non-hydrogen) atoms. The van der Waals surface area contributed by atoms with E-state index in [1.807, 2.05) is 77.8 Å². The Bertz CT molecular complexity index is 2020. The van der Waals surface area contributed by atoms with Gasteiger partial charge in [0.05, 0.1) is 31.6 Å². The Hall–Kier alpha value is -5.52. The van der Waals surface area contributed by atoms with Crippen LogP contribution in [0, 0.1) is 26.6 Å². The predicted octanol–water partition coefficient (Wildman–Crippen LogP) is 6.16. The Morgan fingerprint density at radius 2 is 1.73 bits per heavy atom. The van der Waals surface area contributed by atoms with Crippen LogP contribution >= 0.6 is 0 Å². The topological polar surface area (TPSA) is 205 Å². The fraction of sp³-hybridized carbons (Fsp3) is 0.500. The summed E-state index contributed by atoms with van der Waals surface area (Å²) < 4.78 is 43.0. The Balaban J connectivity index is 0.000000280. The third-order valence-corrected chi connectivity index (χ3v) is 8.22. The van der Waals surface area contributed by atoms with Crippen molar-refractivity contribution in [3.63, 3.8) is 0 Å². The first kappa shape index (κ1) is 49.6. The number of aromatic nitrogens is 4. The van der Waals surface area contributed by atoms with Gasteiger partial charge in [-0.1, -0.05) is 18.2 Å². The largest absolute Gasteiger partial charge is 0.507 e. The van der Waals surface area contributed by atoms with E-state index in [9.17, 15) is 28.7 Å². The zero-order valence-corrected chi connectivity index (χ0v) is 35.8. The lowest BCUT2D eigenvalue weighted by atomic mass is 10.1. The summed E-state index contributed by atoms with van der Waals surface area (Å²) in [7, 11) is 1.45. The maximum Gasteiger partial charge on any atom is 0.339 e. The number of hydrogen-bond donors (Lipinski definition) is 4. The van der Waals surface area contributed by atoms with E-state index in [-0.39, 0.29) is 36.5 Å². The maximum atomic E-state index is 13.3. The van der Waals surface area contributed by atoms with Crippen molar-refractivity contribution in [2.75, 3.05) is 25.6 Å². The first-order valence-corrected chi connectivity index (χ1v) is 19.2. The number of benzene rings is 2. The average molecular weight is 830 g/mol. The number of esters is 1. The van der Waals surface area contributed by atoms with Gasteiger partial charge in [-0.3, -0.25) is 19.1 Å². The summed E-state index contributed by atoms with van der Waals surface area (Å²) in [5.41, 5.74) is 1.10. The molecule has 4 aromatic rings. The van der Waals surface area contributed by atoms with Gasteiger partial charge in [-0.25, -0.2) is 14.6 Å². The monoisotopic (exact) mass is 829 g/mol. The number of para-hydroxylation sites is 1. The molecule has 326 valence electrons. The lowest BCUT2D eigenvalue weighted by Gasteiger charge is -2.17. The molecule has 1 aliphatic heterocycles. The minimum Gasteiger partial charge on any atom is -0.507 e. The van der Waals surface area contributed by atoms with Crippen LogP contribution in [-0.4, -0.2) is 92.0 Å². The highest BCUT2D eigenvalue weighted by molar-refractivity contribution is 5.92. The number of halogens is 1. The van der Waals surface area contributed by atoms with E-state index < -0.39 is 47.4 Å². The number of nitrogens with one attached hydrogen (secondary N) is 2. The van der Waals surface area contributed by atoms with Crippen LogP contribution in [0.2, 0.25) is 0 Å². The van der Waals surface area contributed by atoms with Crippen molar-refractivity contribution in [2.45, 2.75) is 119 Å². The average Bonchev–Trinajstić information content (AvgIpc) is 3.68. The number of methoxy groups -OCH3 is 1. The molecular formula is C42H60FN5O11. The van der Waals surface area contributed by atoms with Crippen LogP contribution in [0.3, 0.4) is 0 Å². The number of phenols is 1. The minimum atomic E-state index is -1.13. The lowest BCUT2D eigenvalue weighted by Crippen LogP contribution is -2.34. The first-order chi connectivity index (χ1) is 27.7. The van der Waals surface area contributed by atoms with Crippen molar-refractivity contribution in [1.29, 1.82) is 0 Å². The molecular weight excluding hydrogens is 769 g/mol. The van der Waals surface area contributed by atoms with Crippen molar-refractivity contribution in [2.24, 2.45) is 0 Å². The van der Waals surface area contributed by atoms with E-state index in [4.69, 9.17) is 28.8 Å². The summed E-state index contributed by atoms with van der Waals surface area (Å²) in [5.74, 6) is -0.892. The van der Waals surface area contributed by atoms with Gasteiger partial charge in [-0.2, -0.15) is 4.39 Å². The molecule has 17 heteroatoms. The SMILES string of the molecule is CC(C)Nc1ccc(O)c(C(=O)O)c1.COC[C@H]1O[C@@H](n2cc(F)c(=O)[nH]c2=O)C[C@@H]1OC(C)=O.Cc1ccccc1OC(C)C.Cc1cnc(C)n1CCOC(C)C. The number of imidazole rings is 1. The van der Waals surface area contributed by atoms with Crippen LogP contribution < -0.4 is 21.3 Å². The van der Waals surface area contributed by atoms with Crippen molar-refractivity contribution < 1.29 is 47.9 Å². The number of aromatic carboxylic acids is 1. The van der Waals surface area contributed by atoms with Gasteiger partial charge in [-0.15, -0.1) is 0 Å². The normalized spacial score (nSPS) is 15.7. The molecule has 3 heterocycles. The summed E-state index contributed by atoms with van der Waals surface area (Å²) in [5, 5.41) is 21.0. The number of H-pyrrole nitrogens is 1. The van der Waals surface area contributed by atoms with Crippen LogP contribution in [0.5, 0.6) is 11.5 Å². The number of aryl methyl sites for hydroxylation is 3.